The fourth-order valence-electron chi connectivity index (χ4n) is 3.27. The van der Waals surface area contributed by atoms with E-state index >= 15 is 0 Å². The van der Waals surface area contributed by atoms with Gasteiger partial charge in [-0.05, 0) is 32.8 Å². The van der Waals surface area contributed by atoms with Crippen LogP contribution in [0.15, 0.2) is 24.7 Å². The summed E-state index contributed by atoms with van der Waals surface area (Å²) in [7, 11) is 0. The van der Waals surface area contributed by atoms with Gasteiger partial charge in [0.05, 0.1) is 27.8 Å². The van der Waals surface area contributed by atoms with E-state index in [-0.39, 0.29) is 5.92 Å². The predicted octanol–water partition coefficient (Wildman–Crippen LogP) is 3.15. The van der Waals surface area contributed by atoms with Crippen LogP contribution in [0, 0.1) is 17.2 Å². The predicted molar refractivity (Wildman–Crippen MR) is 118 cm³/mol. The third kappa shape index (κ3) is 4.75. The average Bonchev–Trinajstić information content (AvgIpc) is 3.18. The molecule has 0 bridgehead atoms. The molecule has 0 aromatic carbocycles. The van der Waals surface area contributed by atoms with Crippen molar-refractivity contribution in [3.8, 4) is 6.07 Å². The molecule has 1 fully saturated rings. The fourth-order valence-corrected chi connectivity index (χ4v) is 4.32. The maximum atomic E-state index is 9.88. The van der Waals surface area contributed by atoms with Gasteiger partial charge in [0.1, 0.15) is 18.0 Å². The number of nitrogens with one attached hydrogen (secondary N) is 2. The van der Waals surface area contributed by atoms with Gasteiger partial charge in [0.25, 0.3) is 0 Å². The molecule has 3 aromatic heterocycles. The summed E-state index contributed by atoms with van der Waals surface area (Å²) in [5.74, 6) is 1.94. The molecule has 0 aliphatic carbocycles. The third-order valence-electron chi connectivity index (χ3n) is 4.78. The molecule has 9 nitrogen and oxygen atoms in total. The summed E-state index contributed by atoms with van der Waals surface area (Å²) >= 11 is 1.57. The second-order valence-electron chi connectivity index (χ2n) is 8.00. The highest BCUT2D eigenvalue weighted by molar-refractivity contribution is 7.22. The lowest BCUT2D eigenvalue weighted by atomic mass is 10.0. The van der Waals surface area contributed by atoms with Crippen molar-refractivity contribution in [2.45, 2.75) is 32.3 Å². The molecule has 3 N–H and O–H groups in total. The van der Waals surface area contributed by atoms with Crippen LogP contribution in [0.4, 0.5) is 22.6 Å². The van der Waals surface area contributed by atoms with E-state index in [0.29, 0.717) is 30.5 Å². The van der Waals surface area contributed by atoms with E-state index in [1.54, 1.807) is 37.4 Å². The first kappa shape index (κ1) is 20.3. The van der Waals surface area contributed by atoms with E-state index in [0.717, 1.165) is 34.7 Å². The van der Waals surface area contributed by atoms with Gasteiger partial charge in [0, 0.05) is 31.9 Å². The van der Waals surface area contributed by atoms with Crippen molar-refractivity contribution in [3.63, 3.8) is 0 Å². The van der Waals surface area contributed by atoms with Crippen molar-refractivity contribution < 1.29 is 5.11 Å². The van der Waals surface area contributed by atoms with Crippen molar-refractivity contribution in [2.24, 2.45) is 5.92 Å². The van der Waals surface area contributed by atoms with Crippen molar-refractivity contribution in [1.82, 2.24) is 19.9 Å². The van der Waals surface area contributed by atoms with E-state index in [1.165, 1.54) is 6.33 Å². The molecule has 156 valence electrons. The molecular formula is C20H24N8OS. The van der Waals surface area contributed by atoms with Crippen molar-refractivity contribution in [1.29, 1.82) is 5.26 Å². The monoisotopic (exact) mass is 424 g/mol. The molecular weight excluding hydrogens is 400 g/mol. The van der Waals surface area contributed by atoms with E-state index in [9.17, 15) is 10.4 Å². The lowest BCUT2D eigenvalue weighted by Crippen LogP contribution is -2.34. The Labute approximate surface area is 178 Å². The number of fused-ring (bicyclic) bond motifs is 1. The first-order valence-corrected chi connectivity index (χ1v) is 10.7. The van der Waals surface area contributed by atoms with E-state index < -0.39 is 5.60 Å². The van der Waals surface area contributed by atoms with Crippen LogP contribution in [0.1, 0.15) is 26.7 Å². The summed E-state index contributed by atoms with van der Waals surface area (Å²) in [5, 5.41) is 26.4. The van der Waals surface area contributed by atoms with Gasteiger partial charge in [-0.2, -0.15) is 5.26 Å². The van der Waals surface area contributed by atoms with Crippen LogP contribution < -0.4 is 15.5 Å². The van der Waals surface area contributed by atoms with Gasteiger partial charge in [-0.3, -0.25) is 0 Å². The summed E-state index contributed by atoms with van der Waals surface area (Å²) in [5.41, 5.74) is 0.0185. The molecule has 3 aromatic rings. The number of aliphatic hydroxyl groups is 1. The number of rotatable bonds is 6. The Bertz CT molecular complexity index is 1070. The first-order valence-electron chi connectivity index (χ1n) is 9.87. The Morgan fingerprint density at radius 3 is 2.97 bits per heavy atom. The number of nitriles is 1. The van der Waals surface area contributed by atoms with Crippen LogP contribution in [0.3, 0.4) is 0 Å². The van der Waals surface area contributed by atoms with E-state index in [4.69, 9.17) is 4.98 Å². The molecule has 4 rings (SSSR count). The van der Waals surface area contributed by atoms with Crippen LogP contribution in [0.25, 0.3) is 10.2 Å². The van der Waals surface area contributed by atoms with E-state index in [2.05, 4.69) is 36.6 Å². The highest BCUT2D eigenvalue weighted by Crippen LogP contribution is 2.35. The third-order valence-corrected chi connectivity index (χ3v) is 5.92. The summed E-state index contributed by atoms with van der Waals surface area (Å²) in [6.07, 6.45) is 5.13. The molecule has 0 spiro atoms. The topological polar surface area (TPSA) is 123 Å². The normalized spacial score (nSPS) is 17.0. The van der Waals surface area contributed by atoms with Crippen molar-refractivity contribution in [3.05, 3.63) is 24.7 Å². The number of nitrogens with zero attached hydrogens (tertiary/aromatic N) is 6. The zero-order valence-electron chi connectivity index (χ0n) is 17.0. The zero-order chi connectivity index (χ0) is 21.1. The van der Waals surface area contributed by atoms with Crippen LogP contribution in [0.5, 0.6) is 0 Å². The minimum atomic E-state index is -0.844. The van der Waals surface area contributed by atoms with Gasteiger partial charge in [0.15, 0.2) is 10.9 Å². The lowest BCUT2D eigenvalue weighted by molar-refractivity contribution is 0.0944. The number of pyridine rings is 1. The summed E-state index contributed by atoms with van der Waals surface area (Å²) < 4.78 is 0.941. The number of aromatic nitrogens is 4. The smallest absolute Gasteiger partial charge is 0.186 e. The molecule has 1 aliphatic heterocycles. The first-order chi connectivity index (χ1) is 14.4. The fraction of sp³-hybridized carbons (Fsp3) is 0.450. The van der Waals surface area contributed by atoms with E-state index in [1.807, 2.05) is 6.07 Å². The Kier molecular flexibility index (Phi) is 5.65. The molecule has 1 aliphatic rings. The van der Waals surface area contributed by atoms with Gasteiger partial charge in [-0.1, -0.05) is 11.3 Å². The molecule has 1 atom stereocenters. The standard InChI is InChI=1S/C20H24N8OS/c1-20(2,29)11-23-15-8-16(25-12-24-15)27-18-17-14(5-6-22-18)26-19(30-17)28-7-3-4-13(9-21)10-28/h5-6,8,12-13,29H,3-4,7,10-11H2,1-2H3,(H2,22,23,24,25,27). The van der Waals surface area contributed by atoms with Crippen molar-refractivity contribution in [2.75, 3.05) is 35.2 Å². The van der Waals surface area contributed by atoms with Gasteiger partial charge < -0.3 is 20.6 Å². The number of piperidine rings is 1. The second kappa shape index (κ2) is 8.38. The maximum Gasteiger partial charge on any atom is 0.186 e. The Morgan fingerprint density at radius 1 is 1.33 bits per heavy atom. The van der Waals surface area contributed by atoms with Gasteiger partial charge in [-0.15, -0.1) is 0 Å². The van der Waals surface area contributed by atoms with Crippen LogP contribution in [-0.2, 0) is 0 Å². The number of thiazole rings is 1. The Hall–Kier alpha value is -3.03. The molecule has 0 amide bonds. The molecule has 10 heteroatoms. The second-order valence-corrected chi connectivity index (χ2v) is 8.98. The molecule has 1 unspecified atom stereocenters. The summed E-state index contributed by atoms with van der Waals surface area (Å²) in [6.45, 7) is 5.46. The molecule has 30 heavy (non-hydrogen) atoms. The van der Waals surface area contributed by atoms with Crippen LogP contribution >= 0.6 is 11.3 Å². The Balaban J connectivity index is 1.55. The number of anilines is 4. The SMILES string of the molecule is CC(C)(O)CNc1cc(Nc2nccc3nc(N4CCCC(C#N)C4)sc23)ncn1. The lowest BCUT2D eigenvalue weighted by Gasteiger charge is -2.28. The Morgan fingerprint density at radius 2 is 2.17 bits per heavy atom. The van der Waals surface area contributed by atoms with Crippen molar-refractivity contribution >= 4 is 44.1 Å². The minimum Gasteiger partial charge on any atom is -0.389 e. The molecule has 4 heterocycles. The highest BCUT2D eigenvalue weighted by atomic mass is 32.1. The molecule has 0 radical (unpaired) electrons. The minimum absolute atomic E-state index is 0.0531. The number of hydrogen-bond donors (Lipinski definition) is 3. The van der Waals surface area contributed by atoms with Crippen LogP contribution in [0.2, 0.25) is 0 Å². The zero-order valence-corrected chi connectivity index (χ0v) is 17.8. The summed E-state index contributed by atoms with van der Waals surface area (Å²) in [4.78, 5) is 19.9. The highest BCUT2D eigenvalue weighted by Gasteiger charge is 2.23. The van der Waals surface area contributed by atoms with Gasteiger partial charge in [-0.25, -0.2) is 19.9 Å². The van der Waals surface area contributed by atoms with Crippen LogP contribution in [-0.4, -0.2) is 50.3 Å². The summed E-state index contributed by atoms with van der Waals surface area (Å²) in [6, 6.07) is 6.05. The maximum absolute atomic E-state index is 9.88. The number of hydrogen-bond acceptors (Lipinski definition) is 10. The largest absolute Gasteiger partial charge is 0.389 e. The van der Waals surface area contributed by atoms with Gasteiger partial charge >= 0.3 is 0 Å². The molecule has 1 saturated heterocycles. The van der Waals surface area contributed by atoms with Gasteiger partial charge in [0.2, 0.25) is 0 Å². The quantitative estimate of drug-likeness (QED) is 0.547. The molecule has 0 saturated carbocycles. The average molecular weight is 425 g/mol.